The highest BCUT2D eigenvalue weighted by Crippen LogP contribution is 2.29. The van der Waals surface area contributed by atoms with E-state index in [2.05, 4.69) is 31.3 Å². The summed E-state index contributed by atoms with van der Waals surface area (Å²) in [5.41, 5.74) is 2.28. The molecule has 1 heterocycles. The summed E-state index contributed by atoms with van der Waals surface area (Å²) in [4.78, 5) is 6.10. The van der Waals surface area contributed by atoms with Gasteiger partial charge in [-0.15, -0.1) is 11.3 Å². The maximum atomic E-state index is 5.49. The molecule has 0 radical (unpaired) electrons. The molecule has 0 unspecified atom stereocenters. The fourth-order valence-corrected chi connectivity index (χ4v) is 3.28. The predicted molar refractivity (Wildman–Crippen MR) is 94.9 cm³/mol. The molecule has 2 rings (SSSR count). The molecule has 0 bridgehead atoms. The number of nitrogens with one attached hydrogen (secondary N) is 1. The Labute approximate surface area is 137 Å². The topological polar surface area (TPSA) is 34.2 Å². The van der Waals surface area contributed by atoms with Crippen LogP contribution in [0.25, 0.3) is 11.3 Å². The van der Waals surface area contributed by atoms with E-state index in [-0.39, 0.29) is 0 Å². The normalized spacial score (nSPS) is 10.9. The number of aryl methyl sites for hydroxylation is 1. The van der Waals surface area contributed by atoms with Crippen molar-refractivity contribution >= 4 is 11.3 Å². The van der Waals surface area contributed by atoms with E-state index < -0.39 is 0 Å². The van der Waals surface area contributed by atoms with Gasteiger partial charge in [0.15, 0.2) is 0 Å². The molecule has 0 fully saturated rings. The summed E-state index contributed by atoms with van der Waals surface area (Å²) in [5.74, 6) is 0.916. The summed E-state index contributed by atoms with van der Waals surface area (Å²) >= 11 is 1.81. The van der Waals surface area contributed by atoms with Gasteiger partial charge in [-0.05, 0) is 51.1 Å². The number of ether oxygens (including phenoxy) is 1. The van der Waals surface area contributed by atoms with Gasteiger partial charge in [-0.25, -0.2) is 4.98 Å². The minimum Gasteiger partial charge on any atom is -0.494 e. The molecule has 1 N–H and O–H groups in total. The van der Waals surface area contributed by atoms with Crippen molar-refractivity contribution in [2.24, 2.45) is 0 Å². The average Bonchev–Trinajstić information content (AvgIpc) is 2.89. The van der Waals surface area contributed by atoms with Gasteiger partial charge in [0.25, 0.3) is 0 Å². The number of unbranched alkanes of at least 4 members (excludes halogenated alkanes) is 1. The second-order valence-electron chi connectivity index (χ2n) is 5.32. The van der Waals surface area contributed by atoms with E-state index in [1.165, 1.54) is 28.3 Å². The largest absolute Gasteiger partial charge is 0.494 e. The van der Waals surface area contributed by atoms with Crippen molar-refractivity contribution in [1.82, 2.24) is 10.3 Å². The molecule has 0 saturated heterocycles. The van der Waals surface area contributed by atoms with Crippen LogP contribution < -0.4 is 10.1 Å². The molecule has 1 aromatic heterocycles. The molecule has 0 aliphatic heterocycles. The Morgan fingerprint density at radius 1 is 1.14 bits per heavy atom. The Hall–Kier alpha value is -1.39. The summed E-state index contributed by atoms with van der Waals surface area (Å²) in [6, 6.07) is 8.22. The van der Waals surface area contributed by atoms with Crippen molar-refractivity contribution in [3.63, 3.8) is 0 Å². The van der Waals surface area contributed by atoms with Gasteiger partial charge in [0.1, 0.15) is 5.75 Å². The van der Waals surface area contributed by atoms with Crippen LogP contribution in [0.1, 0.15) is 36.6 Å². The lowest BCUT2D eigenvalue weighted by atomic mass is 10.1. The first-order chi connectivity index (χ1) is 10.7. The minimum absolute atomic E-state index is 0.699. The Morgan fingerprint density at radius 3 is 2.59 bits per heavy atom. The Bertz CT molecular complexity index is 563. The molecule has 0 atom stereocenters. The van der Waals surface area contributed by atoms with Crippen molar-refractivity contribution in [2.75, 3.05) is 19.7 Å². The van der Waals surface area contributed by atoms with Gasteiger partial charge < -0.3 is 10.1 Å². The number of benzene rings is 1. The minimum atomic E-state index is 0.699. The summed E-state index contributed by atoms with van der Waals surface area (Å²) in [6.45, 7) is 9.18. The summed E-state index contributed by atoms with van der Waals surface area (Å²) < 4.78 is 5.49. The number of thiazole rings is 1. The van der Waals surface area contributed by atoms with Crippen molar-refractivity contribution in [2.45, 2.75) is 40.0 Å². The van der Waals surface area contributed by atoms with Crippen LogP contribution in [0, 0.1) is 6.92 Å². The van der Waals surface area contributed by atoms with Gasteiger partial charge in [0, 0.05) is 23.4 Å². The Kier molecular flexibility index (Phi) is 6.87. The van der Waals surface area contributed by atoms with E-state index in [1.54, 1.807) is 11.3 Å². The summed E-state index contributed by atoms with van der Waals surface area (Å²) in [5, 5.41) is 4.69. The molecule has 0 spiro atoms. The monoisotopic (exact) mass is 318 g/mol. The lowest BCUT2D eigenvalue weighted by Crippen LogP contribution is -2.18. The zero-order valence-corrected chi connectivity index (χ0v) is 14.6. The maximum absolute atomic E-state index is 5.49. The standard InChI is InChI=1S/C18H26N2OS/c1-4-6-12-19-13-11-17-20-18(14(3)22-17)15-7-9-16(10-8-15)21-5-2/h7-10,19H,4-6,11-13H2,1-3H3. The van der Waals surface area contributed by atoms with Gasteiger partial charge in [0.05, 0.1) is 17.3 Å². The Morgan fingerprint density at radius 2 is 1.91 bits per heavy atom. The van der Waals surface area contributed by atoms with Crippen LogP contribution >= 0.6 is 11.3 Å². The lowest BCUT2D eigenvalue weighted by Gasteiger charge is -2.04. The van der Waals surface area contributed by atoms with Crippen molar-refractivity contribution < 1.29 is 4.74 Å². The first kappa shape index (κ1) is 17.0. The van der Waals surface area contributed by atoms with E-state index in [0.717, 1.165) is 31.0 Å². The van der Waals surface area contributed by atoms with Gasteiger partial charge in [-0.1, -0.05) is 13.3 Å². The van der Waals surface area contributed by atoms with Crippen LogP contribution in [-0.2, 0) is 6.42 Å². The van der Waals surface area contributed by atoms with Gasteiger partial charge in [0.2, 0.25) is 0 Å². The highest BCUT2D eigenvalue weighted by molar-refractivity contribution is 7.12. The van der Waals surface area contributed by atoms with Crippen LogP contribution in [0.15, 0.2) is 24.3 Å². The molecule has 0 amide bonds. The van der Waals surface area contributed by atoms with Crippen LogP contribution in [0.5, 0.6) is 5.75 Å². The molecule has 22 heavy (non-hydrogen) atoms. The van der Waals surface area contributed by atoms with Crippen LogP contribution in [0.4, 0.5) is 0 Å². The molecule has 0 aliphatic rings. The first-order valence-corrected chi connectivity index (χ1v) is 8.96. The zero-order valence-electron chi connectivity index (χ0n) is 13.8. The number of hydrogen-bond acceptors (Lipinski definition) is 4. The second-order valence-corrected chi connectivity index (χ2v) is 6.61. The molecule has 0 saturated carbocycles. The molecule has 0 aliphatic carbocycles. The molecule has 3 nitrogen and oxygen atoms in total. The van der Waals surface area contributed by atoms with E-state index in [4.69, 9.17) is 9.72 Å². The third-order valence-corrected chi connectivity index (χ3v) is 4.53. The fraction of sp³-hybridized carbons (Fsp3) is 0.500. The molecular formula is C18H26N2OS. The average molecular weight is 318 g/mol. The van der Waals surface area contributed by atoms with Crippen LogP contribution in [-0.4, -0.2) is 24.7 Å². The number of nitrogens with zero attached hydrogens (tertiary/aromatic N) is 1. The van der Waals surface area contributed by atoms with Crippen molar-refractivity contribution in [1.29, 1.82) is 0 Å². The zero-order chi connectivity index (χ0) is 15.8. The number of rotatable bonds is 9. The molecule has 2 aromatic rings. The third-order valence-electron chi connectivity index (χ3n) is 3.50. The van der Waals surface area contributed by atoms with Gasteiger partial charge in [-0.3, -0.25) is 0 Å². The Balaban J connectivity index is 1.96. The van der Waals surface area contributed by atoms with Gasteiger partial charge >= 0.3 is 0 Å². The molecule has 1 aromatic carbocycles. The van der Waals surface area contributed by atoms with Gasteiger partial charge in [-0.2, -0.15) is 0 Å². The number of hydrogen-bond donors (Lipinski definition) is 1. The number of aromatic nitrogens is 1. The maximum Gasteiger partial charge on any atom is 0.119 e. The summed E-state index contributed by atoms with van der Waals surface area (Å²) in [6.07, 6.45) is 3.49. The van der Waals surface area contributed by atoms with E-state index >= 15 is 0 Å². The smallest absolute Gasteiger partial charge is 0.119 e. The molecule has 120 valence electrons. The molecule has 4 heteroatoms. The van der Waals surface area contributed by atoms with Crippen LogP contribution in [0.3, 0.4) is 0 Å². The van der Waals surface area contributed by atoms with Crippen molar-refractivity contribution in [3.05, 3.63) is 34.2 Å². The van der Waals surface area contributed by atoms with Crippen LogP contribution in [0.2, 0.25) is 0 Å². The highest BCUT2D eigenvalue weighted by atomic mass is 32.1. The SMILES string of the molecule is CCCCNCCc1nc(-c2ccc(OCC)cc2)c(C)s1. The quantitative estimate of drug-likeness (QED) is 0.694. The molecular weight excluding hydrogens is 292 g/mol. The second kappa shape index (κ2) is 8.91. The van der Waals surface area contributed by atoms with Crippen molar-refractivity contribution in [3.8, 4) is 17.0 Å². The predicted octanol–water partition coefficient (Wildman–Crippen LogP) is 4.45. The highest BCUT2D eigenvalue weighted by Gasteiger charge is 2.09. The fourth-order valence-electron chi connectivity index (χ4n) is 2.32. The third kappa shape index (κ3) is 4.82. The van der Waals surface area contributed by atoms with E-state index in [1.807, 2.05) is 19.1 Å². The van der Waals surface area contributed by atoms with E-state index in [9.17, 15) is 0 Å². The van der Waals surface area contributed by atoms with E-state index in [0.29, 0.717) is 6.61 Å². The first-order valence-electron chi connectivity index (χ1n) is 8.14. The lowest BCUT2D eigenvalue weighted by molar-refractivity contribution is 0.340. The summed E-state index contributed by atoms with van der Waals surface area (Å²) in [7, 11) is 0.